The Labute approximate surface area is 165 Å². The van der Waals surface area contributed by atoms with E-state index >= 15 is 0 Å². The van der Waals surface area contributed by atoms with Crippen LogP contribution in [-0.4, -0.2) is 29.3 Å². The molecule has 0 aromatic heterocycles. The number of rotatable bonds is 7. The lowest BCUT2D eigenvalue weighted by atomic mass is 10.1. The van der Waals surface area contributed by atoms with Gasteiger partial charge in [0.1, 0.15) is 23.0 Å². The lowest BCUT2D eigenvalue weighted by molar-refractivity contribution is -0.137. The Kier molecular flexibility index (Phi) is 7.15. The number of aliphatic imine (C=N–C) groups is 1. The molecule has 29 heavy (non-hydrogen) atoms. The van der Waals surface area contributed by atoms with Crippen LogP contribution < -0.4 is 11.5 Å². The minimum Gasteiger partial charge on any atom is -0.454 e. The number of carbonyl (C=O) groups excluding carboxylic acids is 2. The smallest absolute Gasteiger partial charge is 0.344 e. The number of halogens is 2. The molecule has 0 aliphatic heterocycles. The molecule has 0 heterocycles. The van der Waals surface area contributed by atoms with Crippen molar-refractivity contribution in [3.63, 3.8) is 0 Å². The topological polar surface area (TPSA) is 128 Å². The Morgan fingerprint density at radius 1 is 1.07 bits per heavy atom. The lowest BCUT2D eigenvalue weighted by Crippen LogP contribution is -2.27. The van der Waals surface area contributed by atoms with Crippen LogP contribution in [-0.2, 0) is 16.1 Å². The zero-order valence-electron chi connectivity index (χ0n) is 15.5. The number of hydrogen-bond donors (Lipinski definition) is 3. The van der Waals surface area contributed by atoms with Gasteiger partial charge in [0.2, 0.25) is 5.78 Å². The summed E-state index contributed by atoms with van der Waals surface area (Å²) < 4.78 is 32.1. The second kappa shape index (κ2) is 9.56. The molecular weight excluding hydrogens is 384 g/mol. The molecule has 2 rings (SSSR count). The Morgan fingerprint density at radius 2 is 1.66 bits per heavy atom. The van der Waals surface area contributed by atoms with Gasteiger partial charge < -0.3 is 21.3 Å². The van der Waals surface area contributed by atoms with Crippen molar-refractivity contribution in [3.8, 4) is 0 Å². The molecular formula is C20H19F2N3O4. The van der Waals surface area contributed by atoms with E-state index in [9.17, 15) is 18.4 Å². The molecule has 0 bridgehead atoms. The largest absolute Gasteiger partial charge is 0.454 e. The van der Waals surface area contributed by atoms with Gasteiger partial charge in [0.15, 0.2) is 6.61 Å². The number of benzene rings is 2. The molecule has 0 atom stereocenters. The molecule has 7 nitrogen and oxygen atoms in total. The van der Waals surface area contributed by atoms with Gasteiger partial charge in [-0.05, 0) is 36.8 Å². The Bertz CT molecular complexity index is 961. The third-order valence-corrected chi connectivity index (χ3v) is 3.80. The summed E-state index contributed by atoms with van der Waals surface area (Å²) in [6, 6.07) is 9.31. The molecule has 0 saturated carbocycles. The third kappa shape index (κ3) is 5.45. The number of allylic oxidation sites excluding steroid dienone is 1. The normalized spacial score (nSPS) is 12.3. The molecule has 5 N–H and O–H groups in total. The van der Waals surface area contributed by atoms with Crippen LogP contribution in [0.1, 0.15) is 22.8 Å². The molecule has 2 aromatic carbocycles. The van der Waals surface area contributed by atoms with Crippen molar-refractivity contribution in [3.05, 3.63) is 76.5 Å². The zero-order valence-corrected chi connectivity index (χ0v) is 15.5. The number of ketones is 1. The van der Waals surface area contributed by atoms with E-state index in [-0.39, 0.29) is 23.7 Å². The zero-order chi connectivity index (χ0) is 21.6. The molecule has 0 aliphatic rings. The maximum atomic E-state index is 13.7. The van der Waals surface area contributed by atoms with Gasteiger partial charge in [-0.25, -0.2) is 18.6 Å². The Balaban J connectivity index is 2.16. The summed E-state index contributed by atoms with van der Waals surface area (Å²) in [5.74, 6) is -4.52. The van der Waals surface area contributed by atoms with Crippen molar-refractivity contribution in [2.45, 2.75) is 13.5 Å². The Morgan fingerprint density at radius 3 is 2.17 bits per heavy atom. The van der Waals surface area contributed by atoms with Crippen LogP contribution in [0.25, 0.3) is 0 Å². The second-order valence-electron chi connectivity index (χ2n) is 5.98. The number of Topliss-reactive ketones (excluding diaryl/α,β-unsaturated/α-hetero) is 1. The SMILES string of the molecule is CC(N)=C(C(=O)OCC(=O)c1c(F)cccc1F)C(N)=Nc1ccc(CO)cc1. The predicted molar refractivity (Wildman–Crippen MR) is 102 cm³/mol. The quantitative estimate of drug-likeness (QED) is 0.214. The molecule has 0 unspecified atom stereocenters. The van der Waals surface area contributed by atoms with E-state index < -0.39 is 35.6 Å². The average molecular weight is 403 g/mol. The fourth-order valence-electron chi connectivity index (χ4n) is 2.38. The second-order valence-corrected chi connectivity index (χ2v) is 5.98. The lowest BCUT2D eigenvalue weighted by Gasteiger charge is -2.10. The first-order valence-corrected chi connectivity index (χ1v) is 8.39. The number of carbonyl (C=O) groups is 2. The van der Waals surface area contributed by atoms with Gasteiger partial charge in [0.25, 0.3) is 0 Å². The molecule has 0 radical (unpaired) electrons. The van der Waals surface area contributed by atoms with Crippen LogP contribution in [0.3, 0.4) is 0 Å². The highest BCUT2D eigenvalue weighted by atomic mass is 19.1. The first kappa shape index (κ1) is 21.7. The molecule has 9 heteroatoms. The van der Waals surface area contributed by atoms with E-state index in [2.05, 4.69) is 4.99 Å². The van der Waals surface area contributed by atoms with Crippen LogP contribution >= 0.6 is 0 Å². The predicted octanol–water partition coefficient (Wildman–Crippen LogP) is 2.10. The highest BCUT2D eigenvalue weighted by Gasteiger charge is 2.22. The maximum absolute atomic E-state index is 13.7. The number of esters is 1. The summed E-state index contributed by atoms with van der Waals surface area (Å²) in [5, 5.41) is 9.04. The van der Waals surface area contributed by atoms with Gasteiger partial charge in [-0.2, -0.15) is 0 Å². The van der Waals surface area contributed by atoms with Crippen molar-refractivity contribution in [2.24, 2.45) is 16.5 Å². The van der Waals surface area contributed by atoms with E-state index in [4.69, 9.17) is 21.3 Å². The van der Waals surface area contributed by atoms with Crippen molar-refractivity contribution in [1.82, 2.24) is 0 Å². The number of aliphatic hydroxyl groups is 1. The number of nitrogens with zero attached hydrogens (tertiary/aromatic N) is 1. The van der Waals surface area contributed by atoms with Gasteiger partial charge >= 0.3 is 5.97 Å². The summed E-state index contributed by atoms with van der Waals surface area (Å²) >= 11 is 0. The van der Waals surface area contributed by atoms with E-state index in [0.717, 1.165) is 18.2 Å². The van der Waals surface area contributed by atoms with Crippen molar-refractivity contribution in [1.29, 1.82) is 0 Å². The van der Waals surface area contributed by atoms with Gasteiger partial charge in [-0.15, -0.1) is 0 Å². The number of ether oxygens (including phenoxy) is 1. The minimum absolute atomic E-state index is 0.0206. The van der Waals surface area contributed by atoms with Crippen LogP contribution in [0.15, 0.2) is 58.7 Å². The number of amidine groups is 1. The molecule has 152 valence electrons. The highest BCUT2D eigenvalue weighted by molar-refractivity contribution is 6.19. The highest BCUT2D eigenvalue weighted by Crippen LogP contribution is 2.16. The number of aliphatic hydroxyl groups excluding tert-OH is 1. The standard InChI is InChI=1S/C20H19F2N3O4/c1-11(23)17(19(24)25-13-7-5-12(9-26)6-8-13)20(28)29-10-16(27)18-14(21)3-2-4-15(18)22/h2-8,26H,9-10,23H2,1H3,(H2,24,25). The summed E-state index contributed by atoms with van der Waals surface area (Å²) in [6.45, 7) is 0.327. The molecule has 2 aromatic rings. The first-order chi connectivity index (χ1) is 13.7. The van der Waals surface area contributed by atoms with Crippen molar-refractivity contribution >= 4 is 23.3 Å². The molecule has 0 saturated heterocycles. The van der Waals surface area contributed by atoms with E-state index in [0.29, 0.717) is 11.3 Å². The summed E-state index contributed by atoms with van der Waals surface area (Å²) in [7, 11) is 0. The molecule has 0 amide bonds. The van der Waals surface area contributed by atoms with Gasteiger partial charge in [-0.3, -0.25) is 4.79 Å². The number of nitrogens with two attached hydrogens (primary N) is 2. The van der Waals surface area contributed by atoms with E-state index in [1.165, 1.54) is 6.92 Å². The number of hydrogen-bond acceptors (Lipinski definition) is 6. The van der Waals surface area contributed by atoms with Gasteiger partial charge in [0.05, 0.1) is 17.9 Å². The maximum Gasteiger partial charge on any atom is 0.344 e. The summed E-state index contributed by atoms with van der Waals surface area (Å²) in [6.07, 6.45) is 0. The van der Waals surface area contributed by atoms with Crippen LogP contribution in [0.5, 0.6) is 0 Å². The van der Waals surface area contributed by atoms with E-state index in [1.54, 1.807) is 24.3 Å². The fraction of sp³-hybridized carbons (Fsp3) is 0.150. The monoisotopic (exact) mass is 403 g/mol. The summed E-state index contributed by atoms with van der Waals surface area (Å²) in [4.78, 5) is 28.4. The fourth-order valence-corrected chi connectivity index (χ4v) is 2.38. The van der Waals surface area contributed by atoms with Gasteiger partial charge in [0, 0.05) is 5.70 Å². The van der Waals surface area contributed by atoms with Crippen molar-refractivity contribution in [2.75, 3.05) is 6.61 Å². The minimum atomic E-state index is -1.07. The van der Waals surface area contributed by atoms with Crippen LogP contribution in [0.4, 0.5) is 14.5 Å². The molecule has 0 fully saturated rings. The Hall–Kier alpha value is -3.59. The van der Waals surface area contributed by atoms with E-state index in [1.807, 2.05) is 0 Å². The molecule has 0 spiro atoms. The van der Waals surface area contributed by atoms with Gasteiger partial charge in [-0.1, -0.05) is 18.2 Å². The molecule has 0 aliphatic carbocycles. The third-order valence-electron chi connectivity index (χ3n) is 3.80. The van der Waals surface area contributed by atoms with Crippen LogP contribution in [0.2, 0.25) is 0 Å². The average Bonchev–Trinajstić information content (AvgIpc) is 2.66. The van der Waals surface area contributed by atoms with Crippen molar-refractivity contribution < 1.29 is 28.2 Å². The van der Waals surface area contributed by atoms with Crippen LogP contribution in [0, 0.1) is 11.6 Å². The summed E-state index contributed by atoms with van der Waals surface area (Å²) in [5.41, 5.74) is 11.5. The first-order valence-electron chi connectivity index (χ1n) is 8.39.